The van der Waals surface area contributed by atoms with Crippen molar-refractivity contribution in [3.8, 4) is 11.5 Å². The van der Waals surface area contributed by atoms with E-state index in [1.165, 1.54) is 30.3 Å². The third kappa shape index (κ3) is 4.13. The zero-order valence-corrected chi connectivity index (χ0v) is 14.6. The molecule has 1 atom stereocenters. The average molecular weight is 376 g/mol. The topological polar surface area (TPSA) is 101 Å². The minimum absolute atomic E-state index is 0.117. The maximum atomic E-state index is 12.6. The summed E-state index contributed by atoms with van der Waals surface area (Å²) in [5.41, 5.74) is 0.601. The van der Waals surface area contributed by atoms with Crippen LogP contribution in [0.25, 0.3) is 0 Å². The Bertz CT molecular complexity index is 1010. The molecule has 140 valence electrons. The highest BCUT2D eigenvalue weighted by Crippen LogP contribution is 2.27. The second-order valence-electron chi connectivity index (χ2n) is 5.93. The summed E-state index contributed by atoms with van der Waals surface area (Å²) in [6.45, 7) is 0. The highest BCUT2D eigenvalue weighted by atomic mass is 16.5. The Morgan fingerprint density at radius 3 is 2.00 bits per heavy atom. The first kappa shape index (κ1) is 19.0. The first-order valence-corrected chi connectivity index (χ1v) is 8.39. The smallest absolute Gasteiger partial charge is 0.337 e. The van der Waals surface area contributed by atoms with Crippen LogP contribution < -0.4 is 4.74 Å². The Hall–Kier alpha value is -3.77. The lowest BCUT2D eigenvalue weighted by Crippen LogP contribution is -2.15. The molecule has 0 aliphatic rings. The lowest BCUT2D eigenvalue weighted by Gasteiger charge is -2.11. The number of carbonyl (C=O) groups is 3. The molecule has 0 heterocycles. The van der Waals surface area contributed by atoms with Gasteiger partial charge in [0.15, 0.2) is 6.10 Å². The summed E-state index contributed by atoms with van der Waals surface area (Å²) in [7, 11) is 0. The monoisotopic (exact) mass is 376 g/mol. The number of rotatable bonds is 7. The summed E-state index contributed by atoms with van der Waals surface area (Å²) in [5, 5.41) is 18.4. The number of benzene rings is 3. The van der Waals surface area contributed by atoms with E-state index in [9.17, 15) is 19.5 Å². The molecule has 0 saturated heterocycles. The van der Waals surface area contributed by atoms with Crippen molar-refractivity contribution >= 4 is 17.5 Å². The quantitative estimate of drug-likeness (QED) is 0.482. The van der Waals surface area contributed by atoms with E-state index in [0.29, 0.717) is 5.75 Å². The van der Waals surface area contributed by atoms with Crippen LogP contribution in [0.3, 0.4) is 0 Å². The second-order valence-corrected chi connectivity index (χ2v) is 5.93. The van der Waals surface area contributed by atoms with Gasteiger partial charge in [0.1, 0.15) is 11.5 Å². The molecule has 6 nitrogen and oxygen atoms in total. The van der Waals surface area contributed by atoms with Crippen molar-refractivity contribution in [2.24, 2.45) is 0 Å². The van der Waals surface area contributed by atoms with Crippen molar-refractivity contribution in [1.82, 2.24) is 0 Å². The average Bonchev–Trinajstić information content (AvgIpc) is 2.73. The molecular weight excluding hydrogens is 360 g/mol. The first-order valence-electron chi connectivity index (χ1n) is 8.39. The summed E-state index contributed by atoms with van der Waals surface area (Å²) in [6.07, 6.45) is -1.63. The normalized spacial score (nSPS) is 11.5. The molecule has 0 fully saturated rings. The Labute approximate surface area is 160 Å². The maximum Gasteiger partial charge on any atom is 0.337 e. The van der Waals surface area contributed by atoms with E-state index in [0.717, 1.165) is 0 Å². The minimum atomic E-state index is -1.63. The van der Waals surface area contributed by atoms with Crippen molar-refractivity contribution in [3.63, 3.8) is 0 Å². The molecule has 0 spiro atoms. The van der Waals surface area contributed by atoms with Crippen LogP contribution >= 0.6 is 0 Å². The molecule has 6 heteroatoms. The number of carboxylic acid groups (broad SMARTS) is 1. The van der Waals surface area contributed by atoms with Crippen LogP contribution in [-0.2, 0) is 4.79 Å². The van der Waals surface area contributed by atoms with Crippen LogP contribution in [0.1, 0.15) is 32.4 Å². The van der Waals surface area contributed by atoms with Gasteiger partial charge >= 0.3 is 5.97 Å². The molecule has 3 aromatic rings. The van der Waals surface area contributed by atoms with E-state index in [1.54, 1.807) is 48.5 Å². The zero-order valence-electron chi connectivity index (χ0n) is 14.6. The van der Waals surface area contributed by atoms with Gasteiger partial charge in [0, 0.05) is 5.56 Å². The second kappa shape index (κ2) is 8.28. The SMILES string of the molecule is O=C(C(=O)c1ccccc1Oc1ccc(C(O)C(=O)O)cc1)c1ccccc1. The van der Waals surface area contributed by atoms with Gasteiger partial charge < -0.3 is 14.9 Å². The fourth-order valence-electron chi connectivity index (χ4n) is 2.57. The molecule has 28 heavy (non-hydrogen) atoms. The molecule has 0 bridgehead atoms. The molecule has 0 aliphatic heterocycles. The highest BCUT2D eigenvalue weighted by Gasteiger charge is 2.22. The number of ketones is 2. The predicted octanol–water partition coefficient (Wildman–Crippen LogP) is 3.66. The van der Waals surface area contributed by atoms with Crippen LogP contribution in [-0.4, -0.2) is 27.7 Å². The Balaban J connectivity index is 1.84. The van der Waals surface area contributed by atoms with Crippen molar-refractivity contribution in [2.45, 2.75) is 6.10 Å². The minimum Gasteiger partial charge on any atom is -0.479 e. The molecule has 3 aromatic carbocycles. The van der Waals surface area contributed by atoms with Crippen LogP contribution in [0, 0.1) is 0 Å². The van der Waals surface area contributed by atoms with E-state index < -0.39 is 23.6 Å². The van der Waals surface area contributed by atoms with Crippen molar-refractivity contribution in [1.29, 1.82) is 0 Å². The number of aliphatic hydroxyl groups excluding tert-OH is 1. The van der Waals surface area contributed by atoms with Gasteiger partial charge in [0.2, 0.25) is 11.6 Å². The maximum absolute atomic E-state index is 12.6. The molecule has 0 amide bonds. The largest absolute Gasteiger partial charge is 0.479 e. The summed E-state index contributed by atoms with van der Waals surface area (Å²) in [5.74, 6) is -2.17. The van der Waals surface area contributed by atoms with Gasteiger partial charge in [-0.3, -0.25) is 9.59 Å². The van der Waals surface area contributed by atoms with E-state index in [4.69, 9.17) is 9.84 Å². The summed E-state index contributed by atoms with van der Waals surface area (Å²) >= 11 is 0. The number of carbonyl (C=O) groups excluding carboxylic acids is 2. The van der Waals surface area contributed by atoms with Crippen molar-refractivity contribution < 1.29 is 29.3 Å². The summed E-state index contributed by atoms with van der Waals surface area (Å²) in [4.78, 5) is 35.9. The Morgan fingerprint density at radius 1 is 0.750 bits per heavy atom. The van der Waals surface area contributed by atoms with Gasteiger partial charge in [-0.2, -0.15) is 0 Å². The predicted molar refractivity (Wildman–Crippen MR) is 101 cm³/mol. The number of aliphatic hydroxyl groups is 1. The van der Waals surface area contributed by atoms with Crippen molar-refractivity contribution in [2.75, 3.05) is 0 Å². The van der Waals surface area contributed by atoms with Gasteiger partial charge in [-0.15, -0.1) is 0 Å². The number of carboxylic acids is 1. The van der Waals surface area contributed by atoms with Crippen LogP contribution in [0.4, 0.5) is 0 Å². The summed E-state index contributed by atoms with van der Waals surface area (Å²) < 4.78 is 5.71. The number of hydrogen-bond acceptors (Lipinski definition) is 5. The van der Waals surface area contributed by atoms with E-state index >= 15 is 0 Å². The molecule has 0 radical (unpaired) electrons. The number of Topliss-reactive ketones (excluding diaryl/α,β-unsaturated/α-hetero) is 2. The lowest BCUT2D eigenvalue weighted by atomic mass is 10.0. The Kier molecular flexibility index (Phi) is 5.62. The molecule has 3 rings (SSSR count). The standard InChI is InChI=1S/C22H16O6/c23-19(14-6-2-1-3-7-14)21(25)17-8-4-5-9-18(17)28-16-12-10-15(11-13-16)20(24)22(26)27/h1-13,20,24H,(H,26,27). The van der Waals surface area contributed by atoms with Gasteiger partial charge in [0.05, 0.1) is 5.56 Å². The molecule has 0 aliphatic carbocycles. The first-order chi connectivity index (χ1) is 13.5. The fourth-order valence-corrected chi connectivity index (χ4v) is 2.57. The number of ether oxygens (including phenoxy) is 1. The number of para-hydroxylation sites is 1. The highest BCUT2D eigenvalue weighted by molar-refractivity contribution is 6.49. The molecule has 1 unspecified atom stereocenters. The van der Waals surface area contributed by atoms with Crippen LogP contribution in [0.15, 0.2) is 78.9 Å². The third-order valence-corrected chi connectivity index (χ3v) is 4.03. The lowest BCUT2D eigenvalue weighted by molar-refractivity contribution is -0.146. The number of aliphatic carboxylic acids is 1. The van der Waals surface area contributed by atoms with Gasteiger partial charge in [-0.05, 0) is 29.8 Å². The van der Waals surface area contributed by atoms with Gasteiger partial charge in [0.25, 0.3) is 0 Å². The molecular formula is C22H16O6. The molecule has 0 saturated carbocycles. The van der Waals surface area contributed by atoms with E-state index in [-0.39, 0.29) is 22.4 Å². The van der Waals surface area contributed by atoms with E-state index in [1.807, 2.05) is 0 Å². The molecule has 2 N–H and O–H groups in total. The summed E-state index contributed by atoms with van der Waals surface area (Å²) in [6, 6.07) is 20.4. The van der Waals surface area contributed by atoms with Gasteiger partial charge in [-0.25, -0.2) is 4.79 Å². The van der Waals surface area contributed by atoms with Crippen molar-refractivity contribution in [3.05, 3.63) is 95.6 Å². The van der Waals surface area contributed by atoms with Crippen LogP contribution in [0.5, 0.6) is 11.5 Å². The van der Waals surface area contributed by atoms with E-state index in [2.05, 4.69) is 0 Å². The third-order valence-electron chi connectivity index (χ3n) is 4.03. The Morgan fingerprint density at radius 2 is 1.36 bits per heavy atom. The number of hydrogen-bond donors (Lipinski definition) is 2. The zero-order chi connectivity index (χ0) is 20.1. The fraction of sp³-hybridized carbons (Fsp3) is 0.0455. The molecule has 0 aromatic heterocycles. The van der Waals surface area contributed by atoms with Gasteiger partial charge in [-0.1, -0.05) is 54.6 Å². The van der Waals surface area contributed by atoms with Crippen LogP contribution in [0.2, 0.25) is 0 Å².